The maximum Gasteiger partial charge on any atom is 0.135 e. The Kier molecular flexibility index (Phi) is 6.51. The lowest BCUT2D eigenvalue weighted by Gasteiger charge is -2.26. The summed E-state index contributed by atoms with van der Waals surface area (Å²) in [6, 6.07) is 62.2. The van der Waals surface area contributed by atoms with Gasteiger partial charge < -0.3 is 9.32 Å². The lowest BCUT2D eigenvalue weighted by molar-refractivity contribution is 0.669. The van der Waals surface area contributed by atoms with E-state index in [-0.39, 0.29) is 0 Å². The van der Waals surface area contributed by atoms with Crippen molar-refractivity contribution in [3.63, 3.8) is 0 Å². The van der Waals surface area contributed by atoms with Crippen LogP contribution in [0.3, 0.4) is 0 Å². The first-order valence-corrected chi connectivity index (χ1v) is 14.9. The predicted octanol–water partition coefficient (Wildman–Crippen LogP) is 12.1. The zero-order chi connectivity index (χ0) is 29.3. The molecule has 2 heteroatoms. The molecule has 0 amide bonds. The van der Waals surface area contributed by atoms with Gasteiger partial charge in [0.2, 0.25) is 0 Å². The molecule has 0 fully saturated rings. The average Bonchev–Trinajstić information content (AvgIpc) is 3.48. The maximum atomic E-state index is 6.15. The van der Waals surface area contributed by atoms with E-state index >= 15 is 0 Å². The van der Waals surface area contributed by atoms with E-state index in [0.29, 0.717) is 0 Å². The summed E-state index contributed by atoms with van der Waals surface area (Å²) in [5.74, 6) is 0. The Morgan fingerprint density at radius 2 is 0.750 bits per heavy atom. The van der Waals surface area contributed by atoms with Gasteiger partial charge in [0.1, 0.15) is 11.2 Å². The summed E-state index contributed by atoms with van der Waals surface area (Å²) in [5, 5.41) is 2.23. The van der Waals surface area contributed by atoms with Gasteiger partial charge in [0, 0.05) is 27.8 Å². The third-order valence-corrected chi connectivity index (χ3v) is 8.28. The lowest BCUT2D eigenvalue weighted by Crippen LogP contribution is -2.09. The molecule has 0 aliphatic heterocycles. The molecular formula is C42H29NO. The smallest absolute Gasteiger partial charge is 0.135 e. The highest BCUT2D eigenvalue weighted by molar-refractivity contribution is 6.06. The van der Waals surface area contributed by atoms with Crippen LogP contribution in [-0.2, 0) is 0 Å². The first-order valence-electron chi connectivity index (χ1n) is 14.9. The molecule has 7 aromatic carbocycles. The van der Waals surface area contributed by atoms with Crippen molar-refractivity contribution < 1.29 is 4.42 Å². The van der Waals surface area contributed by atoms with Crippen molar-refractivity contribution in [2.45, 2.75) is 0 Å². The average molecular weight is 564 g/mol. The molecule has 0 saturated heterocycles. The monoisotopic (exact) mass is 563 g/mol. The number of hydrogen-bond acceptors (Lipinski definition) is 2. The van der Waals surface area contributed by atoms with Crippen molar-refractivity contribution in [2.24, 2.45) is 0 Å². The molecule has 1 heterocycles. The third-order valence-electron chi connectivity index (χ3n) is 8.28. The molecule has 0 radical (unpaired) electrons. The molecule has 0 bridgehead atoms. The van der Waals surface area contributed by atoms with Crippen molar-refractivity contribution in [2.75, 3.05) is 4.90 Å². The summed E-state index contributed by atoms with van der Waals surface area (Å²) in [6.07, 6.45) is 0. The molecule has 0 spiro atoms. The Morgan fingerprint density at radius 3 is 1.39 bits per heavy atom. The number of benzene rings is 7. The second kappa shape index (κ2) is 11.1. The molecule has 208 valence electrons. The van der Waals surface area contributed by atoms with Crippen LogP contribution < -0.4 is 4.90 Å². The number of anilines is 3. The minimum atomic E-state index is 0.892. The van der Waals surface area contributed by atoms with Gasteiger partial charge in [-0.15, -0.1) is 0 Å². The highest BCUT2D eigenvalue weighted by atomic mass is 16.3. The molecule has 0 aliphatic carbocycles. The maximum absolute atomic E-state index is 6.15. The van der Waals surface area contributed by atoms with Gasteiger partial charge in [-0.3, -0.25) is 0 Å². The second-order valence-corrected chi connectivity index (χ2v) is 11.0. The topological polar surface area (TPSA) is 16.4 Å². The molecule has 0 aliphatic rings. The van der Waals surface area contributed by atoms with Crippen LogP contribution >= 0.6 is 0 Å². The third kappa shape index (κ3) is 4.83. The molecule has 0 saturated carbocycles. The summed E-state index contributed by atoms with van der Waals surface area (Å²) in [5.41, 5.74) is 12.3. The fraction of sp³-hybridized carbons (Fsp3) is 0. The molecule has 44 heavy (non-hydrogen) atoms. The minimum Gasteiger partial charge on any atom is -0.456 e. The second-order valence-electron chi connectivity index (χ2n) is 11.0. The van der Waals surface area contributed by atoms with Crippen LogP contribution in [0.25, 0.3) is 55.3 Å². The summed E-state index contributed by atoms with van der Waals surface area (Å²) >= 11 is 0. The zero-order valence-corrected chi connectivity index (χ0v) is 24.1. The van der Waals surface area contributed by atoms with Crippen LogP contribution in [0.2, 0.25) is 0 Å². The standard InChI is InChI=1S/C42H29NO/c1-3-10-30(11-4-1)32-18-22-36(23-19-32)43(38-26-27-42-40(29-38)39-16-7-8-17-41(39)44-42)37-24-20-33(21-25-37)35-15-9-14-34(28-35)31-12-5-2-6-13-31/h1-29H. The molecule has 0 unspecified atom stereocenters. The molecule has 0 N–H and O–H groups in total. The minimum absolute atomic E-state index is 0.892. The summed E-state index contributed by atoms with van der Waals surface area (Å²) < 4.78 is 6.15. The number of nitrogens with zero attached hydrogens (tertiary/aromatic N) is 1. The highest BCUT2D eigenvalue weighted by Gasteiger charge is 2.16. The fourth-order valence-corrected chi connectivity index (χ4v) is 6.05. The number of furan rings is 1. The Labute approximate surface area is 257 Å². The van der Waals surface area contributed by atoms with E-state index in [1.54, 1.807) is 0 Å². The lowest BCUT2D eigenvalue weighted by atomic mass is 9.99. The molecule has 2 nitrogen and oxygen atoms in total. The van der Waals surface area contributed by atoms with Crippen LogP contribution in [0.5, 0.6) is 0 Å². The van der Waals surface area contributed by atoms with Crippen molar-refractivity contribution in [1.82, 2.24) is 0 Å². The van der Waals surface area contributed by atoms with Crippen molar-refractivity contribution in [3.8, 4) is 33.4 Å². The van der Waals surface area contributed by atoms with Crippen LogP contribution in [-0.4, -0.2) is 0 Å². The van der Waals surface area contributed by atoms with Gasteiger partial charge in [0.15, 0.2) is 0 Å². The van der Waals surface area contributed by atoms with Crippen molar-refractivity contribution in [1.29, 1.82) is 0 Å². The fourth-order valence-electron chi connectivity index (χ4n) is 6.05. The summed E-state index contributed by atoms with van der Waals surface area (Å²) in [6.45, 7) is 0. The van der Waals surface area contributed by atoms with E-state index in [2.05, 4.69) is 169 Å². The Hall–Kier alpha value is -5.86. The van der Waals surface area contributed by atoms with Crippen molar-refractivity contribution in [3.05, 3.63) is 176 Å². The van der Waals surface area contributed by atoms with Crippen LogP contribution in [0, 0.1) is 0 Å². The Bertz CT molecular complexity index is 2200. The van der Waals surface area contributed by atoms with E-state index in [0.717, 1.165) is 39.0 Å². The van der Waals surface area contributed by atoms with E-state index in [4.69, 9.17) is 4.42 Å². The van der Waals surface area contributed by atoms with Gasteiger partial charge in [-0.25, -0.2) is 0 Å². The molecule has 1 aromatic heterocycles. The van der Waals surface area contributed by atoms with Gasteiger partial charge >= 0.3 is 0 Å². The SMILES string of the molecule is c1ccc(-c2ccc(N(c3ccc(-c4cccc(-c5ccccc5)c4)cc3)c3ccc4oc5ccccc5c4c3)cc2)cc1. The Balaban J connectivity index is 1.21. The largest absolute Gasteiger partial charge is 0.456 e. The van der Waals surface area contributed by atoms with Gasteiger partial charge in [-0.1, -0.05) is 121 Å². The van der Waals surface area contributed by atoms with E-state index in [1.165, 1.54) is 33.4 Å². The Morgan fingerprint density at radius 1 is 0.295 bits per heavy atom. The van der Waals surface area contributed by atoms with Gasteiger partial charge in [0.25, 0.3) is 0 Å². The van der Waals surface area contributed by atoms with E-state index < -0.39 is 0 Å². The summed E-state index contributed by atoms with van der Waals surface area (Å²) in [7, 11) is 0. The molecule has 8 rings (SSSR count). The number of rotatable bonds is 6. The predicted molar refractivity (Wildman–Crippen MR) is 185 cm³/mol. The molecule has 0 atom stereocenters. The normalized spacial score (nSPS) is 11.2. The van der Waals surface area contributed by atoms with Crippen LogP contribution in [0.4, 0.5) is 17.1 Å². The van der Waals surface area contributed by atoms with Crippen LogP contribution in [0.15, 0.2) is 180 Å². The molecule has 8 aromatic rings. The van der Waals surface area contributed by atoms with Gasteiger partial charge in [-0.2, -0.15) is 0 Å². The number of fused-ring (bicyclic) bond motifs is 3. The quantitative estimate of drug-likeness (QED) is 0.200. The van der Waals surface area contributed by atoms with Gasteiger partial charge in [-0.05, 0) is 88.0 Å². The number of para-hydroxylation sites is 1. The first-order chi connectivity index (χ1) is 21.8. The van der Waals surface area contributed by atoms with Crippen LogP contribution in [0.1, 0.15) is 0 Å². The first kappa shape index (κ1) is 25.8. The summed E-state index contributed by atoms with van der Waals surface area (Å²) in [4.78, 5) is 2.32. The van der Waals surface area contributed by atoms with E-state index in [1.807, 2.05) is 12.1 Å². The van der Waals surface area contributed by atoms with E-state index in [9.17, 15) is 0 Å². The van der Waals surface area contributed by atoms with Crippen molar-refractivity contribution >= 4 is 39.0 Å². The zero-order valence-electron chi connectivity index (χ0n) is 24.1. The van der Waals surface area contributed by atoms with Gasteiger partial charge in [0.05, 0.1) is 0 Å². The number of hydrogen-bond donors (Lipinski definition) is 0. The molecular weight excluding hydrogens is 534 g/mol. The highest BCUT2D eigenvalue weighted by Crippen LogP contribution is 2.40.